The van der Waals surface area contributed by atoms with E-state index in [0.29, 0.717) is 12.5 Å². The predicted octanol–water partition coefficient (Wildman–Crippen LogP) is 3.16. The molecule has 2 fully saturated rings. The van der Waals surface area contributed by atoms with Crippen molar-refractivity contribution in [3.8, 4) is 0 Å². The van der Waals surface area contributed by atoms with Crippen molar-refractivity contribution in [1.82, 2.24) is 0 Å². The predicted molar refractivity (Wildman–Crippen MR) is 59.4 cm³/mol. The van der Waals surface area contributed by atoms with Gasteiger partial charge in [0.2, 0.25) is 0 Å². The highest BCUT2D eigenvalue weighted by atomic mass is 16.5. The number of esters is 1. The first-order chi connectivity index (χ1) is 7.23. The third kappa shape index (κ3) is 1.68. The van der Waals surface area contributed by atoms with Crippen LogP contribution in [0.2, 0.25) is 0 Å². The second kappa shape index (κ2) is 4.15. The maximum Gasteiger partial charge on any atom is 0.312 e. The molecule has 2 aliphatic rings. The average Bonchev–Trinajstić information content (AvgIpc) is 2.85. The minimum atomic E-state index is -0.0991. The van der Waals surface area contributed by atoms with Gasteiger partial charge in [0.15, 0.2) is 0 Å². The Hall–Kier alpha value is -0.530. The van der Waals surface area contributed by atoms with Crippen LogP contribution < -0.4 is 0 Å². The van der Waals surface area contributed by atoms with E-state index in [9.17, 15) is 4.79 Å². The van der Waals surface area contributed by atoms with Crippen molar-refractivity contribution in [2.45, 2.75) is 52.4 Å². The van der Waals surface area contributed by atoms with Crippen LogP contribution in [0.3, 0.4) is 0 Å². The third-order valence-electron chi connectivity index (χ3n) is 4.45. The quantitative estimate of drug-likeness (QED) is 0.666. The zero-order chi connectivity index (χ0) is 10.9. The molecule has 3 atom stereocenters. The molecule has 0 saturated heterocycles. The van der Waals surface area contributed by atoms with Crippen LogP contribution in [-0.4, -0.2) is 12.6 Å². The Bertz CT molecular complexity index is 249. The van der Waals surface area contributed by atoms with Gasteiger partial charge in [-0.15, -0.1) is 0 Å². The second-order valence-corrected chi connectivity index (χ2v) is 5.23. The van der Waals surface area contributed by atoms with Gasteiger partial charge in [-0.1, -0.05) is 20.3 Å². The Morgan fingerprint density at radius 1 is 1.40 bits per heavy atom. The monoisotopic (exact) mass is 210 g/mol. The van der Waals surface area contributed by atoms with Gasteiger partial charge in [-0.3, -0.25) is 4.79 Å². The highest BCUT2D eigenvalue weighted by Gasteiger charge is 2.55. The van der Waals surface area contributed by atoms with Crippen molar-refractivity contribution in [3.05, 3.63) is 0 Å². The molecule has 0 spiro atoms. The van der Waals surface area contributed by atoms with E-state index in [2.05, 4.69) is 6.92 Å². The van der Waals surface area contributed by atoms with Gasteiger partial charge in [-0.05, 0) is 43.9 Å². The molecule has 3 unspecified atom stereocenters. The summed E-state index contributed by atoms with van der Waals surface area (Å²) in [6, 6.07) is 0. The summed E-state index contributed by atoms with van der Waals surface area (Å²) >= 11 is 0. The van der Waals surface area contributed by atoms with E-state index in [-0.39, 0.29) is 11.4 Å². The minimum Gasteiger partial charge on any atom is -0.465 e. The fraction of sp³-hybridized carbons (Fsp3) is 0.923. The summed E-state index contributed by atoms with van der Waals surface area (Å²) in [5.41, 5.74) is -0.0991. The second-order valence-electron chi connectivity index (χ2n) is 5.23. The molecule has 0 N–H and O–H groups in total. The van der Waals surface area contributed by atoms with Crippen LogP contribution >= 0.6 is 0 Å². The SMILES string of the molecule is CCCOC(=O)C1(CC)CC2CCC1C2. The van der Waals surface area contributed by atoms with Gasteiger partial charge in [-0.2, -0.15) is 0 Å². The molecule has 2 saturated carbocycles. The van der Waals surface area contributed by atoms with Crippen LogP contribution in [0.1, 0.15) is 52.4 Å². The molecular weight excluding hydrogens is 188 g/mol. The maximum absolute atomic E-state index is 12.1. The molecule has 2 bridgehead atoms. The first kappa shape index (κ1) is 11.0. The number of carbonyl (C=O) groups is 1. The Morgan fingerprint density at radius 2 is 2.20 bits per heavy atom. The summed E-state index contributed by atoms with van der Waals surface area (Å²) < 4.78 is 5.38. The van der Waals surface area contributed by atoms with Gasteiger partial charge >= 0.3 is 5.97 Å². The normalized spacial score (nSPS) is 38.3. The number of rotatable bonds is 4. The third-order valence-corrected chi connectivity index (χ3v) is 4.45. The molecule has 0 heterocycles. The van der Waals surface area contributed by atoms with Gasteiger partial charge in [0, 0.05) is 0 Å². The Balaban J connectivity index is 2.05. The first-order valence-electron chi connectivity index (χ1n) is 6.40. The lowest BCUT2D eigenvalue weighted by Gasteiger charge is -2.34. The van der Waals surface area contributed by atoms with Gasteiger partial charge in [0.25, 0.3) is 0 Å². The van der Waals surface area contributed by atoms with E-state index in [1.807, 2.05) is 6.92 Å². The summed E-state index contributed by atoms with van der Waals surface area (Å²) in [6.07, 6.45) is 6.86. The average molecular weight is 210 g/mol. The molecule has 0 aliphatic heterocycles. The van der Waals surface area contributed by atoms with Crippen LogP contribution in [0.4, 0.5) is 0 Å². The number of carbonyl (C=O) groups excluding carboxylic acids is 1. The summed E-state index contributed by atoms with van der Waals surface area (Å²) in [5, 5.41) is 0. The highest BCUT2D eigenvalue weighted by Crippen LogP contribution is 2.58. The van der Waals surface area contributed by atoms with Crippen LogP contribution in [0, 0.1) is 17.3 Å². The Kier molecular flexibility index (Phi) is 3.03. The summed E-state index contributed by atoms with van der Waals surface area (Å²) in [5.74, 6) is 1.53. The molecule has 2 rings (SSSR count). The van der Waals surface area contributed by atoms with E-state index in [1.165, 1.54) is 19.3 Å². The largest absolute Gasteiger partial charge is 0.465 e. The smallest absolute Gasteiger partial charge is 0.312 e. The first-order valence-corrected chi connectivity index (χ1v) is 6.40. The van der Waals surface area contributed by atoms with E-state index < -0.39 is 0 Å². The van der Waals surface area contributed by atoms with Crippen LogP contribution in [0.15, 0.2) is 0 Å². The molecule has 0 aromatic carbocycles. The van der Waals surface area contributed by atoms with Gasteiger partial charge < -0.3 is 4.74 Å². The van der Waals surface area contributed by atoms with Crippen molar-refractivity contribution in [3.63, 3.8) is 0 Å². The number of fused-ring (bicyclic) bond motifs is 2. The van der Waals surface area contributed by atoms with Gasteiger partial charge in [0.05, 0.1) is 12.0 Å². The molecule has 0 aromatic heterocycles. The van der Waals surface area contributed by atoms with E-state index >= 15 is 0 Å². The molecule has 0 amide bonds. The van der Waals surface area contributed by atoms with Crippen molar-refractivity contribution >= 4 is 5.97 Å². The molecule has 0 aromatic rings. The lowest BCUT2D eigenvalue weighted by molar-refractivity contribution is -0.160. The van der Waals surface area contributed by atoms with Gasteiger partial charge in [0.1, 0.15) is 0 Å². The fourth-order valence-corrected chi connectivity index (χ4v) is 3.61. The van der Waals surface area contributed by atoms with E-state index in [1.54, 1.807) is 0 Å². The molecule has 2 heteroatoms. The fourth-order valence-electron chi connectivity index (χ4n) is 3.61. The number of hydrogen-bond donors (Lipinski definition) is 0. The maximum atomic E-state index is 12.1. The molecule has 0 radical (unpaired) electrons. The molecule has 86 valence electrons. The molecular formula is C13H22O2. The summed E-state index contributed by atoms with van der Waals surface area (Å²) in [4.78, 5) is 12.1. The van der Waals surface area contributed by atoms with Crippen molar-refractivity contribution in [2.24, 2.45) is 17.3 Å². The van der Waals surface area contributed by atoms with Gasteiger partial charge in [-0.25, -0.2) is 0 Å². The number of hydrogen-bond acceptors (Lipinski definition) is 2. The van der Waals surface area contributed by atoms with E-state index in [4.69, 9.17) is 4.74 Å². The van der Waals surface area contributed by atoms with Crippen LogP contribution in [-0.2, 0) is 9.53 Å². The van der Waals surface area contributed by atoms with Crippen LogP contribution in [0.5, 0.6) is 0 Å². The highest BCUT2D eigenvalue weighted by molar-refractivity contribution is 5.78. The minimum absolute atomic E-state index is 0.0963. The standard InChI is InChI=1S/C13H22O2/c1-3-7-15-12(14)13(4-2)9-10-5-6-11(13)8-10/h10-11H,3-9H2,1-2H3. The van der Waals surface area contributed by atoms with Crippen molar-refractivity contribution in [2.75, 3.05) is 6.61 Å². The van der Waals surface area contributed by atoms with Crippen molar-refractivity contribution in [1.29, 1.82) is 0 Å². The Morgan fingerprint density at radius 3 is 2.67 bits per heavy atom. The van der Waals surface area contributed by atoms with Crippen LogP contribution in [0.25, 0.3) is 0 Å². The topological polar surface area (TPSA) is 26.3 Å². The molecule has 2 nitrogen and oxygen atoms in total. The molecule has 2 aliphatic carbocycles. The number of ether oxygens (including phenoxy) is 1. The molecule has 15 heavy (non-hydrogen) atoms. The zero-order valence-corrected chi connectivity index (χ0v) is 9.92. The Labute approximate surface area is 92.4 Å². The lowest BCUT2D eigenvalue weighted by atomic mass is 9.71. The van der Waals surface area contributed by atoms with Crippen molar-refractivity contribution < 1.29 is 9.53 Å². The summed E-state index contributed by atoms with van der Waals surface area (Å²) in [7, 11) is 0. The zero-order valence-electron chi connectivity index (χ0n) is 9.92. The lowest BCUT2D eigenvalue weighted by Crippen LogP contribution is -2.37. The summed E-state index contributed by atoms with van der Waals surface area (Å²) in [6.45, 7) is 4.79. The van der Waals surface area contributed by atoms with E-state index in [0.717, 1.165) is 25.2 Å².